The van der Waals surface area contributed by atoms with Crippen molar-refractivity contribution in [2.75, 3.05) is 87.7 Å². The SMILES string of the molecule is CCO.CCO.O.O.O.O=C(O)CCCC[C@@H]1SC[C@H]2[C@@H]1N1CN3C(=O)N(CN4C(=O)N(CN5C(=O)N(CN6C(=O)N(CN7C(=O)N(CN2C1=O)[C@H]1CS[C@@H](CCCCC(=O)O)[C@H]17)[C@@H]1[C@H](CCCCC(=O)O)SC[C@@H]16)[C@H]1CS[C@@H](CCCCC(=O)O)[C@H]15)[C@@H]1[C@H](CCCCC(=O)O)SC[C@@H]14)[C@H]1CS[C@@H](CCCCC(=O)O)[C@H]13.[I-].[Na+]. The molecule has 43 heteroatoms. The quantitative estimate of drug-likeness (QED) is 0.0179. The van der Waals surface area contributed by atoms with Gasteiger partial charge in [-0.15, -0.1) is 0 Å². The summed E-state index contributed by atoms with van der Waals surface area (Å²) in [6.45, 7) is 3.03. The van der Waals surface area contributed by atoms with Crippen LogP contribution >= 0.6 is 70.6 Å². The molecule has 636 valence electrons. The van der Waals surface area contributed by atoms with Gasteiger partial charge in [0, 0.05) is 118 Å². The zero-order valence-electron chi connectivity index (χ0n) is 64.4. The van der Waals surface area contributed by atoms with Crippen LogP contribution in [0.1, 0.15) is 168 Å². The maximum absolute atomic E-state index is 16.0. The number of urea groups is 6. The van der Waals surface area contributed by atoms with Crippen molar-refractivity contribution >= 4 is 143 Å². The minimum Gasteiger partial charge on any atom is -1.00 e. The van der Waals surface area contributed by atoms with E-state index in [-0.39, 0.29) is 229 Å². The zero-order valence-corrected chi connectivity index (χ0v) is 73.5. The summed E-state index contributed by atoms with van der Waals surface area (Å²) in [6, 6.07) is -7.98. The van der Waals surface area contributed by atoms with Crippen molar-refractivity contribution in [1.29, 1.82) is 0 Å². The third-order valence-electron chi connectivity index (χ3n) is 23.7. The van der Waals surface area contributed by atoms with E-state index in [0.29, 0.717) is 150 Å². The summed E-state index contributed by atoms with van der Waals surface area (Å²) < 4.78 is 0. The Morgan fingerprint density at radius 3 is 0.522 bits per heavy atom. The van der Waals surface area contributed by atoms with Crippen LogP contribution < -0.4 is 53.5 Å². The van der Waals surface area contributed by atoms with Crippen LogP contribution in [0.15, 0.2) is 0 Å². The van der Waals surface area contributed by atoms with Crippen molar-refractivity contribution in [3.63, 3.8) is 0 Å². The number of amides is 12. The molecule has 0 aromatic carbocycles. The van der Waals surface area contributed by atoms with Crippen molar-refractivity contribution in [3.8, 4) is 0 Å². The Labute approximate surface area is 723 Å². The molecule has 12 bridgehead atoms. The number of aliphatic hydroxyl groups excluding tert-OH is 2. The van der Waals surface area contributed by atoms with Gasteiger partial charge in [0.05, 0.1) is 72.5 Å². The van der Waals surface area contributed by atoms with Crippen LogP contribution in [0.2, 0.25) is 0 Å². The largest absolute Gasteiger partial charge is 1.00 e. The van der Waals surface area contributed by atoms with Gasteiger partial charge in [0.25, 0.3) is 0 Å². The molecule has 0 radical (unpaired) electrons. The summed E-state index contributed by atoms with van der Waals surface area (Å²) in [5.41, 5.74) is 0. The standard InChI is InChI=1S/C66H96N12O18S6.2C2H6O.HI.Na.3H2O/c79-49(80)19-7-1-13-43-55-37(25-97-43)67-31-68-39-27-99-45(15-3-9-21-51(83)84)57(39)75(63(68)93)35-76-59-41(29-101-47(59)17-5-11-23-53(87)88)71(65(76)95)33-72-42-30-102-48(18-6-12-24-54(89)90)60(42)78(66(72)96)36-77-58-40(28-100-46(58)16-4-10-22-52(85)86)70(64(77)94)32-69-38-26-98-44(14-2-8-20-50(81)82)56(38)74(62(69)92)34-73(55)61(67)91;2*1-2-3;;;;;/h37-48,55-60H,1-36H2,(H,79,80)(H,81,82)(H,83,84)(H,85,86)(H,87,88)(H,89,90);2*3H,2H2,1H3;1H;;3*1H2/q;;;;+1;;;/p-1/t37-,38-,39-,40-,41-,42-,43-,44-,45-,46-,47-,48-,55-,56-,57-,58-,59-,60-;;;;;;;/m0......./s1. The number of carboxylic acids is 6. The number of carboxylic acid groups (broad SMARTS) is 6. The second-order valence-electron chi connectivity index (χ2n) is 30.2. The van der Waals surface area contributed by atoms with Gasteiger partial charge in [0.15, 0.2) is 0 Å². The molecule has 13 saturated heterocycles. The molecule has 13 aliphatic rings. The van der Waals surface area contributed by atoms with E-state index in [2.05, 4.69) is 0 Å². The van der Waals surface area contributed by atoms with E-state index in [9.17, 15) is 59.4 Å². The number of rotatable bonds is 30. The molecule has 0 aromatic heterocycles. The first kappa shape index (κ1) is 97.9. The molecule has 0 unspecified atom stereocenters. The number of unbranched alkanes of at least 4 members (excludes halogenated alkanes) is 6. The normalized spacial score (nSPS) is 30.9. The van der Waals surface area contributed by atoms with E-state index in [0.717, 1.165) is 0 Å². The minimum atomic E-state index is -0.918. The fourth-order valence-electron chi connectivity index (χ4n) is 18.9. The van der Waals surface area contributed by atoms with Crippen LogP contribution in [0.25, 0.3) is 0 Å². The number of hydrogen-bond acceptors (Lipinski definition) is 20. The molecule has 0 saturated carbocycles. The van der Waals surface area contributed by atoms with Crippen molar-refractivity contribution < 1.29 is 168 Å². The van der Waals surface area contributed by atoms with Gasteiger partial charge >= 0.3 is 102 Å². The number of thioether (sulfide) groups is 6. The summed E-state index contributed by atoms with van der Waals surface area (Å²) >= 11 is 10.1. The van der Waals surface area contributed by atoms with Crippen LogP contribution in [0.3, 0.4) is 0 Å². The van der Waals surface area contributed by atoms with Gasteiger partial charge in [0.1, 0.15) is 40.0 Å². The Morgan fingerprint density at radius 1 is 0.274 bits per heavy atom. The Bertz CT molecular complexity index is 2770. The first-order valence-electron chi connectivity index (χ1n) is 38.6. The van der Waals surface area contributed by atoms with Crippen LogP contribution in [0, 0.1) is 0 Å². The van der Waals surface area contributed by atoms with Crippen LogP contribution in [-0.2, 0) is 28.8 Å². The molecule has 13 fully saturated rings. The summed E-state index contributed by atoms with van der Waals surface area (Å²) in [5, 5.41) is 72.1. The maximum Gasteiger partial charge on any atom is 1.00 e. The predicted molar refractivity (Wildman–Crippen MR) is 420 cm³/mol. The van der Waals surface area contributed by atoms with Gasteiger partial charge < -0.3 is 140 Å². The average Bonchev–Trinajstić information content (AvgIpc) is 1.57. The zero-order chi connectivity index (χ0) is 77.4. The molecule has 12 amide bonds. The van der Waals surface area contributed by atoms with E-state index >= 15 is 28.8 Å². The summed E-state index contributed by atoms with van der Waals surface area (Å²) in [7, 11) is 0. The fourth-order valence-corrected chi connectivity index (χ4v) is 28.9. The number of halogens is 1. The van der Waals surface area contributed by atoms with E-state index < -0.39 is 108 Å². The number of nitrogens with zero attached hydrogens (tertiary/aromatic N) is 12. The molecule has 0 aliphatic carbocycles. The average molecular weight is 1830 g/mol. The third kappa shape index (κ3) is 21.8. The monoisotopic (exact) mass is 1830 g/mol. The number of fused-ring (bicyclic) bond motifs is 30. The molecule has 113 heavy (non-hydrogen) atoms. The minimum absolute atomic E-state index is 0. The van der Waals surface area contributed by atoms with Crippen LogP contribution in [-0.4, -0.2) is 380 Å². The second kappa shape index (κ2) is 44.9. The molecule has 0 spiro atoms. The van der Waals surface area contributed by atoms with Gasteiger partial charge in [-0.25, -0.2) is 28.8 Å². The van der Waals surface area contributed by atoms with Gasteiger partial charge in [-0.3, -0.25) is 28.8 Å². The molecule has 13 heterocycles. The Balaban J connectivity index is 0.00000175. The van der Waals surface area contributed by atoms with E-state index in [1.165, 1.54) is 0 Å². The van der Waals surface area contributed by atoms with Crippen molar-refractivity contribution in [2.24, 2.45) is 0 Å². The van der Waals surface area contributed by atoms with Crippen molar-refractivity contribution in [1.82, 2.24) is 58.8 Å². The number of carbonyl (C=O) groups is 12. The Kier molecular flexibility index (Phi) is 38.9. The molecular weight excluding hydrogens is 1720 g/mol. The van der Waals surface area contributed by atoms with E-state index in [1.54, 1.807) is 143 Å². The van der Waals surface area contributed by atoms with Crippen molar-refractivity contribution in [2.45, 2.75) is 272 Å². The number of aliphatic carboxylic acids is 6. The fraction of sp³-hybridized carbons (Fsp3) is 0.829. The van der Waals surface area contributed by atoms with E-state index in [1.807, 2.05) is 0 Å². The molecule has 13 rings (SSSR count). The molecule has 18 atom stereocenters. The van der Waals surface area contributed by atoms with Crippen LogP contribution in [0.4, 0.5) is 28.8 Å². The maximum atomic E-state index is 16.0. The second-order valence-corrected chi connectivity index (χ2v) is 37.9. The van der Waals surface area contributed by atoms with E-state index in [4.69, 9.17) is 10.2 Å². The number of hydrogen-bond donors (Lipinski definition) is 8. The van der Waals surface area contributed by atoms with Gasteiger partial charge in [-0.2, -0.15) is 70.6 Å². The summed E-state index contributed by atoms with van der Waals surface area (Å²) in [5.74, 6) is -2.61. The van der Waals surface area contributed by atoms with Crippen LogP contribution in [0.5, 0.6) is 0 Å². The number of aliphatic hydroxyl groups is 2. The molecular formula is C70H114IN12NaO23S6. The Morgan fingerprint density at radius 2 is 0.398 bits per heavy atom. The number of carbonyl (C=O) groups excluding carboxylic acids is 6. The first-order chi connectivity index (χ1) is 51.9. The molecule has 0 aromatic rings. The van der Waals surface area contributed by atoms with Crippen molar-refractivity contribution in [3.05, 3.63) is 0 Å². The predicted octanol–water partition coefficient (Wildman–Crippen LogP) is -1.31. The van der Waals surface area contributed by atoms with Gasteiger partial charge in [-0.1, -0.05) is 38.5 Å². The van der Waals surface area contributed by atoms with Gasteiger partial charge in [-0.05, 0) is 90.9 Å². The summed E-state index contributed by atoms with van der Waals surface area (Å²) in [4.78, 5) is 188. The molecule has 35 nitrogen and oxygen atoms in total. The third-order valence-corrected chi connectivity index (χ3v) is 32.5. The summed E-state index contributed by atoms with van der Waals surface area (Å²) in [6.07, 6.45) is 8.99. The smallest absolute Gasteiger partial charge is 1.00 e. The first-order valence-corrected chi connectivity index (χ1v) is 44.9. The molecule has 13 aliphatic heterocycles. The van der Waals surface area contributed by atoms with Gasteiger partial charge in [0.2, 0.25) is 0 Å². The molecule has 14 N–H and O–H groups in total. The Hall–Kier alpha value is -3.93. The topological polar surface area (TPSA) is 500 Å².